The molecule has 25 heavy (non-hydrogen) atoms. The Labute approximate surface area is 147 Å². The van der Waals surface area contributed by atoms with Crippen LogP contribution in [0.3, 0.4) is 0 Å². The molecule has 5 heteroatoms. The highest BCUT2D eigenvalue weighted by atomic mass is 19.1. The highest BCUT2D eigenvalue weighted by Gasteiger charge is 2.11. The topological polar surface area (TPSA) is 54.0 Å². The average molecular weight is 339 g/mol. The van der Waals surface area contributed by atoms with Gasteiger partial charge in [0, 0.05) is 24.0 Å². The maximum atomic E-state index is 14.2. The van der Waals surface area contributed by atoms with Crippen molar-refractivity contribution < 1.29 is 9.18 Å². The van der Waals surface area contributed by atoms with E-state index in [1.165, 1.54) is 12.3 Å². The second-order valence-electron chi connectivity index (χ2n) is 5.72. The second kappa shape index (κ2) is 8.24. The summed E-state index contributed by atoms with van der Waals surface area (Å²) < 4.78 is 14.2. The van der Waals surface area contributed by atoms with Crippen molar-refractivity contribution in [2.24, 2.45) is 0 Å². The van der Waals surface area contributed by atoms with Gasteiger partial charge in [-0.2, -0.15) is 0 Å². The van der Waals surface area contributed by atoms with Crippen molar-refractivity contribution in [2.45, 2.75) is 27.3 Å². The van der Waals surface area contributed by atoms with Crippen LogP contribution in [0.15, 0.2) is 43.3 Å². The van der Waals surface area contributed by atoms with E-state index in [0.29, 0.717) is 16.9 Å². The zero-order chi connectivity index (χ0) is 18.4. The van der Waals surface area contributed by atoms with E-state index in [-0.39, 0.29) is 18.3 Å². The number of aromatic nitrogens is 1. The molecule has 0 aliphatic heterocycles. The minimum Gasteiger partial charge on any atom is -0.362 e. The molecule has 0 spiro atoms. The van der Waals surface area contributed by atoms with E-state index in [1.807, 2.05) is 32.9 Å². The Balaban J connectivity index is 2.11. The second-order valence-corrected chi connectivity index (χ2v) is 5.72. The Morgan fingerprint density at radius 1 is 1.28 bits per heavy atom. The van der Waals surface area contributed by atoms with Crippen molar-refractivity contribution in [2.75, 3.05) is 5.32 Å². The van der Waals surface area contributed by atoms with Gasteiger partial charge in [0.05, 0.1) is 0 Å². The highest BCUT2D eigenvalue weighted by molar-refractivity contribution is 5.92. The number of hydrogen-bond acceptors (Lipinski definition) is 3. The Kier molecular flexibility index (Phi) is 6.06. The number of allylic oxidation sites excluding steroid dienone is 1. The van der Waals surface area contributed by atoms with Crippen molar-refractivity contribution in [3.63, 3.8) is 0 Å². The van der Waals surface area contributed by atoms with Crippen molar-refractivity contribution in [3.8, 4) is 0 Å². The molecule has 2 N–H and O–H groups in total. The van der Waals surface area contributed by atoms with Crippen molar-refractivity contribution in [1.29, 1.82) is 0 Å². The number of nitrogens with one attached hydrogen (secondary N) is 2. The lowest BCUT2D eigenvalue weighted by atomic mass is 10.1. The lowest BCUT2D eigenvalue weighted by Crippen LogP contribution is -2.24. The van der Waals surface area contributed by atoms with Gasteiger partial charge in [-0.1, -0.05) is 18.7 Å². The van der Waals surface area contributed by atoms with E-state index >= 15 is 0 Å². The predicted octanol–water partition coefficient (Wildman–Crippen LogP) is 4.36. The van der Waals surface area contributed by atoms with Crippen molar-refractivity contribution in [1.82, 2.24) is 10.3 Å². The molecule has 4 nitrogen and oxygen atoms in total. The van der Waals surface area contributed by atoms with Gasteiger partial charge in [-0.05, 0) is 61.9 Å². The zero-order valence-electron chi connectivity index (χ0n) is 14.7. The number of amides is 1. The average Bonchev–Trinajstić information content (AvgIpc) is 2.58. The fourth-order valence-electron chi connectivity index (χ4n) is 2.45. The number of anilines is 1. The molecule has 1 amide bonds. The van der Waals surface area contributed by atoms with Crippen molar-refractivity contribution >= 4 is 17.7 Å². The Morgan fingerprint density at radius 2 is 2.04 bits per heavy atom. The fraction of sp³-hybridized carbons (Fsp3) is 0.200. The van der Waals surface area contributed by atoms with Crippen LogP contribution in [0.2, 0.25) is 0 Å². The number of carbonyl (C=O) groups excluding carboxylic acids is 1. The molecule has 0 atom stereocenters. The monoisotopic (exact) mass is 339 g/mol. The van der Waals surface area contributed by atoms with Gasteiger partial charge >= 0.3 is 0 Å². The summed E-state index contributed by atoms with van der Waals surface area (Å²) in [6, 6.07) is 4.82. The molecule has 0 radical (unpaired) electrons. The number of aryl methyl sites for hydroxylation is 2. The van der Waals surface area contributed by atoms with E-state index in [0.717, 1.165) is 16.7 Å². The van der Waals surface area contributed by atoms with Gasteiger partial charge in [-0.3, -0.25) is 9.78 Å². The van der Waals surface area contributed by atoms with Crippen LogP contribution in [0.4, 0.5) is 10.1 Å². The standard InChI is InChI=1S/C20H22FN3O/c1-5-7-15-11-23-19(9-13(15)3)20(25)24-12-16-8-14(4)18(22-6-2)10-17(16)21/h5-11,22H,2,12H2,1,3-4H3,(H,24,25)/b7-5-. The number of benzene rings is 1. The van der Waals surface area contributed by atoms with Crippen LogP contribution in [0.25, 0.3) is 6.08 Å². The molecule has 2 rings (SSSR count). The maximum Gasteiger partial charge on any atom is 0.270 e. The minimum absolute atomic E-state index is 0.0945. The molecule has 130 valence electrons. The summed E-state index contributed by atoms with van der Waals surface area (Å²) in [5.74, 6) is -0.719. The smallest absolute Gasteiger partial charge is 0.270 e. The zero-order valence-corrected chi connectivity index (χ0v) is 14.7. The van der Waals surface area contributed by atoms with Crippen LogP contribution >= 0.6 is 0 Å². The first-order valence-corrected chi connectivity index (χ1v) is 8.00. The van der Waals surface area contributed by atoms with Crippen LogP contribution in [0.1, 0.15) is 39.7 Å². The Morgan fingerprint density at radius 3 is 2.68 bits per heavy atom. The van der Waals surface area contributed by atoms with E-state index in [1.54, 1.807) is 18.3 Å². The highest BCUT2D eigenvalue weighted by Crippen LogP contribution is 2.20. The molecule has 1 heterocycles. The van der Waals surface area contributed by atoms with Crippen LogP contribution in [0, 0.1) is 19.7 Å². The fourth-order valence-corrected chi connectivity index (χ4v) is 2.45. The molecule has 0 saturated heterocycles. The molecular formula is C20H22FN3O. The van der Waals surface area contributed by atoms with Crippen LogP contribution in [-0.2, 0) is 6.54 Å². The van der Waals surface area contributed by atoms with Gasteiger partial charge < -0.3 is 10.6 Å². The first-order chi connectivity index (χ1) is 12.0. The molecule has 0 bridgehead atoms. The number of hydrogen-bond donors (Lipinski definition) is 2. The number of pyridine rings is 1. The molecule has 0 saturated carbocycles. The molecule has 2 aromatic rings. The summed E-state index contributed by atoms with van der Waals surface area (Å²) in [6.45, 7) is 9.36. The normalized spacial score (nSPS) is 10.7. The SMILES string of the molecule is C=CNc1cc(F)c(CNC(=O)c2cc(C)c(/C=C\C)cn2)cc1C. The van der Waals surface area contributed by atoms with Crippen LogP contribution < -0.4 is 10.6 Å². The van der Waals surface area contributed by atoms with E-state index in [9.17, 15) is 9.18 Å². The first-order valence-electron chi connectivity index (χ1n) is 8.00. The molecule has 0 fully saturated rings. The Bertz CT molecular complexity index is 828. The van der Waals surface area contributed by atoms with Crippen LogP contribution in [-0.4, -0.2) is 10.9 Å². The van der Waals surface area contributed by atoms with E-state index in [2.05, 4.69) is 22.2 Å². The summed E-state index contributed by atoms with van der Waals surface area (Å²) >= 11 is 0. The largest absolute Gasteiger partial charge is 0.362 e. The maximum absolute atomic E-state index is 14.2. The molecule has 1 aromatic heterocycles. The number of halogens is 1. The predicted molar refractivity (Wildman–Crippen MR) is 99.8 cm³/mol. The van der Waals surface area contributed by atoms with Gasteiger partial charge in [0.25, 0.3) is 5.91 Å². The third-order valence-corrected chi connectivity index (χ3v) is 3.82. The number of rotatable bonds is 6. The quantitative estimate of drug-likeness (QED) is 0.822. The number of carbonyl (C=O) groups is 1. The van der Waals surface area contributed by atoms with Crippen molar-refractivity contribution in [3.05, 3.63) is 77.0 Å². The van der Waals surface area contributed by atoms with Gasteiger partial charge in [0.1, 0.15) is 11.5 Å². The molecule has 0 unspecified atom stereocenters. The molecule has 1 aromatic carbocycles. The van der Waals surface area contributed by atoms with Gasteiger partial charge in [-0.25, -0.2) is 4.39 Å². The molecule has 0 aliphatic rings. The van der Waals surface area contributed by atoms with Crippen LogP contribution in [0.5, 0.6) is 0 Å². The molecular weight excluding hydrogens is 317 g/mol. The summed E-state index contributed by atoms with van der Waals surface area (Å²) in [5, 5.41) is 5.59. The van der Waals surface area contributed by atoms with Gasteiger partial charge in [0.2, 0.25) is 0 Å². The third kappa shape index (κ3) is 4.53. The van der Waals surface area contributed by atoms with Gasteiger partial charge in [0.15, 0.2) is 0 Å². The summed E-state index contributed by atoms with van der Waals surface area (Å²) in [6.07, 6.45) is 7.00. The summed E-state index contributed by atoms with van der Waals surface area (Å²) in [7, 11) is 0. The first kappa shape index (κ1) is 18.4. The molecule has 0 aliphatic carbocycles. The summed E-state index contributed by atoms with van der Waals surface area (Å²) in [5.41, 5.74) is 4.18. The lowest BCUT2D eigenvalue weighted by Gasteiger charge is -2.11. The summed E-state index contributed by atoms with van der Waals surface area (Å²) in [4.78, 5) is 16.4. The van der Waals surface area contributed by atoms with E-state index < -0.39 is 0 Å². The minimum atomic E-state index is -0.386. The lowest BCUT2D eigenvalue weighted by molar-refractivity contribution is 0.0945. The Hall–Kier alpha value is -2.95. The number of nitrogens with zero attached hydrogens (tertiary/aromatic N) is 1. The third-order valence-electron chi connectivity index (χ3n) is 3.82. The van der Waals surface area contributed by atoms with Gasteiger partial charge in [-0.15, -0.1) is 0 Å². The van der Waals surface area contributed by atoms with E-state index in [4.69, 9.17) is 0 Å².